The van der Waals surface area contributed by atoms with Crippen molar-refractivity contribution in [2.24, 2.45) is 17.3 Å². The van der Waals surface area contributed by atoms with Crippen molar-refractivity contribution >= 4 is 46.3 Å². The molecule has 16 heteroatoms. The second kappa shape index (κ2) is 19.7. The number of likely N-dealkylation sites (tertiary alicyclic amines) is 1. The number of nitrogens with zero attached hydrogens (tertiary/aromatic N) is 7. The molecule has 3 aromatic rings. The van der Waals surface area contributed by atoms with Gasteiger partial charge in [0.25, 0.3) is 5.91 Å². The van der Waals surface area contributed by atoms with Gasteiger partial charge >= 0.3 is 5.97 Å². The molecule has 1 unspecified atom stereocenters. The van der Waals surface area contributed by atoms with Crippen LogP contribution in [0.25, 0.3) is 22.3 Å². The van der Waals surface area contributed by atoms with E-state index in [9.17, 15) is 24.0 Å². The summed E-state index contributed by atoms with van der Waals surface area (Å²) >= 11 is 0. The van der Waals surface area contributed by atoms with E-state index in [0.29, 0.717) is 58.3 Å². The van der Waals surface area contributed by atoms with E-state index in [1.54, 1.807) is 32.2 Å². The fourth-order valence-electron chi connectivity index (χ4n) is 10.3. The summed E-state index contributed by atoms with van der Waals surface area (Å²) in [5.74, 6) is -2.54. The Hall–Kier alpha value is -5.61. The Morgan fingerprint density at radius 2 is 1.91 bits per heavy atom. The lowest BCUT2D eigenvalue weighted by Crippen LogP contribution is -2.66. The zero-order valence-electron chi connectivity index (χ0n) is 40.3. The smallest absolute Gasteiger partial charge is 0.327 e. The van der Waals surface area contributed by atoms with Crippen molar-refractivity contribution in [3.05, 3.63) is 66.2 Å². The van der Waals surface area contributed by atoms with Gasteiger partial charge in [0.1, 0.15) is 23.3 Å². The number of amides is 4. The lowest BCUT2D eigenvalue weighted by atomic mass is 9.84. The summed E-state index contributed by atoms with van der Waals surface area (Å²) in [6.45, 7) is 20.4. The van der Waals surface area contributed by atoms with E-state index in [1.165, 1.54) is 16.0 Å². The maximum Gasteiger partial charge on any atom is 0.327 e. The molecule has 356 valence electrons. The molecule has 4 aliphatic rings. The minimum Gasteiger partial charge on any atom is -0.464 e. The predicted octanol–water partition coefficient (Wildman–Crippen LogP) is 5.37. The van der Waals surface area contributed by atoms with Crippen LogP contribution in [0.4, 0.5) is 5.69 Å². The fraction of sp³-hybridized carbons (Fsp3) is 0.580. The van der Waals surface area contributed by atoms with Crippen LogP contribution in [-0.4, -0.2) is 130 Å². The highest BCUT2D eigenvalue weighted by Crippen LogP contribution is 2.41. The summed E-state index contributed by atoms with van der Waals surface area (Å²) in [6.07, 6.45) is 9.75. The molecule has 0 saturated carbocycles. The molecule has 4 aliphatic heterocycles. The summed E-state index contributed by atoms with van der Waals surface area (Å²) in [7, 11) is 3.30. The minimum absolute atomic E-state index is 0.113. The Kier molecular flexibility index (Phi) is 14.4. The average Bonchev–Trinajstić information content (AvgIpc) is 3.92. The number of likely N-dealkylation sites (N-methyl/N-ethyl adjacent to an activating group) is 1. The van der Waals surface area contributed by atoms with Crippen LogP contribution in [0.1, 0.15) is 97.9 Å². The first-order valence-electron chi connectivity index (χ1n) is 23.6. The van der Waals surface area contributed by atoms with E-state index in [-0.39, 0.29) is 49.3 Å². The molecule has 3 aromatic heterocycles. The normalized spacial score (nSPS) is 23.5. The molecule has 16 nitrogen and oxygen atoms in total. The number of anilines is 1. The van der Waals surface area contributed by atoms with E-state index in [4.69, 9.17) is 19.4 Å². The molecule has 2 fully saturated rings. The molecule has 5 atom stereocenters. The largest absolute Gasteiger partial charge is 0.464 e. The third-order valence-corrected chi connectivity index (χ3v) is 13.9. The molecular formula is C50H69N9O7. The van der Waals surface area contributed by atoms with Crippen molar-refractivity contribution in [3.63, 3.8) is 0 Å². The Morgan fingerprint density at radius 1 is 1.14 bits per heavy atom. The van der Waals surface area contributed by atoms with Crippen molar-refractivity contribution in [1.29, 1.82) is 0 Å². The molecule has 0 radical (unpaired) electrons. The molecule has 7 heterocycles. The monoisotopic (exact) mass is 908 g/mol. The quantitative estimate of drug-likeness (QED) is 0.152. The van der Waals surface area contributed by atoms with Gasteiger partial charge in [0.05, 0.1) is 41.9 Å². The number of aromatic nitrogens is 3. The Morgan fingerprint density at radius 3 is 2.62 bits per heavy atom. The summed E-state index contributed by atoms with van der Waals surface area (Å²) in [5.41, 5.74) is 8.08. The number of rotatable bonds is 10. The first kappa shape index (κ1) is 48.3. The number of hydrogen-bond acceptors (Lipinski definition) is 11. The standard InChI is InChI=1S/C50H69N9O7/c1-11-40(60)57-23-18-34(29-57)46(62)55(9)42(31(3)4)45(61)53-39-24-33-16-14-21-56(28-33)35-25-37-38(26-49(6,7)30-66-48(64)50(8)19-15-22-59(54-50)47(39)63)43(58(12-2)44(37)52-27-35)36-17-13-20-51-41(36)32(5)65-10/h11,13,16-17,20,25,27,31-32,34,39,42,54H,1,12,14-15,18-19,21-24,26,28-30H2,2-10H3,(H,53,61)/t32-,34?,39-,42-,50+/m0/s1. The number of fused-ring (bicyclic) bond motifs is 6. The van der Waals surface area contributed by atoms with Gasteiger partial charge in [0.2, 0.25) is 17.7 Å². The number of nitrogens with one attached hydrogen (secondary N) is 2. The molecular weight excluding hydrogens is 839 g/mol. The fourth-order valence-corrected chi connectivity index (χ4v) is 10.3. The van der Waals surface area contributed by atoms with Crippen LogP contribution in [-0.2, 0) is 46.4 Å². The summed E-state index contributed by atoms with van der Waals surface area (Å²) in [6, 6.07) is 4.32. The van der Waals surface area contributed by atoms with Gasteiger partial charge in [0.15, 0.2) is 0 Å². The van der Waals surface area contributed by atoms with Crippen LogP contribution in [0.2, 0.25) is 0 Å². The van der Waals surface area contributed by atoms with E-state index in [1.807, 2.05) is 33.0 Å². The Labute approximate surface area is 389 Å². The number of cyclic esters (lactones) is 1. The van der Waals surface area contributed by atoms with Crippen LogP contribution in [0.15, 0.2) is 54.9 Å². The lowest BCUT2D eigenvalue weighted by molar-refractivity contribution is -0.162. The van der Waals surface area contributed by atoms with Gasteiger partial charge in [-0.15, -0.1) is 0 Å². The maximum absolute atomic E-state index is 14.8. The Balaban J connectivity index is 1.27. The highest BCUT2D eigenvalue weighted by molar-refractivity contribution is 5.95. The van der Waals surface area contributed by atoms with Gasteiger partial charge in [-0.25, -0.2) is 15.2 Å². The molecule has 2 saturated heterocycles. The van der Waals surface area contributed by atoms with Crippen LogP contribution >= 0.6 is 0 Å². The van der Waals surface area contributed by atoms with Crippen molar-refractivity contribution in [2.75, 3.05) is 58.4 Å². The molecule has 4 amide bonds. The number of hydrazine groups is 1. The summed E-state index contributed by atoms with van der Waals surface area (Å²) in [5, 5.41) is 5.55. The number of pyridine rings is 2. The second-order valence-electron chi connectivity index (χ2n) is 19.9. The number of esters is 1. The molecule has 6 bridgehead atoms. The van der Waals surface area contributed by atoms with E-state index >= 15 is 0 Å². The zero-order valence-corrected chi connectivity index (χ0v) is 40.3. The van der Waals surface area contributed by atoms with Gasteiger partial charge < -0.3 is 34.1 Å². The molecule has 0 aliphatic carbocycles. The van der Waals surface area contributed by atoms with Gasteiger partial charge in [-0.1, -0.05) is 45.9 Å². The van der Waals surface area contributed by atoms with Gasteiger partial charge in [0, 0.05) is 76.0 Å². The number of aryl methyl sites for hydroxylation is 1. The lowest BCUT2D eigenvalue weighted by Gasteiger charge is -2.42. The number of carbonyl (C=O) groups excluding carboxylic acids is 5. The van der Waals surface area contributed by atoms with E-state index in [0.717, 1.165) is 51.4 Å². The number of hydrogen-bond donors (Lipinski definition) is 2. The van der Waals surface area contributed by atoms with Crippen molar-refractivity contribution in [2.45, 2.75) is 117 Å². The number of ether oxygens (including phenoxy) is 2. The molecule has 2 N–H and O–H groups in total. The highest BCUT2D eigenvalue weighted by Gasteiger charge is 2.44. The first-order chi connectivity index (χ1) is 31.4. The molecule has 7 rings (SSSR count). The van der Waals surface area contributed by atoms with Crippen molar-refractivity contribution in [1.82, 2.24) is 40.1 Å². The van der Waals surface area contributed by atoms with Crippen molar-refractivity contribution in [3.8, 4) is 11.3 Å². The highest BCUT2D eigenvalue weighted by atomic mass is 16.5. The first-order valence-corrected chi connectivity index (χ1v) is 23.6. The number of carbonyl (C=O) groups is 5. The van der Waals surface area contributed by atoms with Gasteiger partial charge in [-0.3, -0.25) is 29.2 Å². The minimum atomic E-state index is -1.22. The summed E-state index contributed by atoms with van der Waals surface area (Å²) < 4.78 is 14.3. The van der Waals surface area contributed by atoms with Gasteiger partial charge in [-0.05, 0) is 95.1 Å². The van der Waals surface area contributed by atoms with E-state index < -0.39 is 40.8 Å². The second-order valence-corrected chi connectivity index (χ2v) is 19.9. The Bertz CT molecular complexity index is 2390. The number of methoxy groups -OCH3 is 1. The average molecular weight is 908 g/mol. The summed E-state index contributed by atoms with van der Waals surface area (Å²) in [4.78, 5) is 85.2. The van der Waals surface area contributed by atoms with Crippen molar-refractivity contribution < 1.29 is 33.4 Å². The molecule has 66 heavy (non-hydrogen) atoms. The molecule has 0 aromatic carbocycles. The maximum atomic E-state index is 14.8. The predicted molar refractivity (Wildman–Crippen MR) is 253 cm³/mol. The topological polar surface area (TPSA) is 172 Å². The van der Waals surface area contributed by atoms with Crippen LogP contribution in [0.5, 0.6) is 0 Å². The van der Waals surface area contributed by atoms with Gasteiger partial charge in [-0.2, -0.15) is 0 Å². The van der Waals surface area contributed by atoms with E-state index in [2.05, 4.69) is 65.8 Å². The van der Waals surface area contributed by atoms with Crippen LogP contribution in [0.3, 0.4) is 0 Å². The third-order valence-electron chi connectivity index (χ3n) is 13.9. The van der Waals surface area contributed by atoms with Crippen LogP contribution in [0, 0.1) is 17.3 Å². The SMILES string of the molecule is C=CC(=O)N1CCC(C(=O)N(C)[C@H](C(=O)N[C@H]2CC3=CCCN(C3)c3cnc4c(c3)c(c(-c3cccnc3[C@H](C)OC)n4CC)CC(C)(C)COC(=O)[C@@]3(C)CCCN(N3)C2=O)C(C)C)C1. The molecule has 0 spiro atoms. The van der Waals surface area contributed by atoms with Crippen LogP contribution < -0.4 is 15.6 Å². The zero-order chi connectivity index (χ0) is 47.7. The third kappa shape index (κ3) is 9.76.